The molecule has 1 unspecified atom stereocenters. The molecule has 106 valence electrons. The second-order valence-electron chi connectivity index (χ2n) is 5.14. The standard InChI is InChI=1S/C18H17NO2/c1-2-12-10-15-11-14(8-9-16(15)19-18(12)21)17(20)13-6-4-3-5-7-13/h3-11,17,20H,2H2,1H3,(H,19,21). The van der Waals surface area contributed by atoms with E-state index in [2.05, 4.69) is 4.98 Å². The van der Waals surface area contributed by atoms with E-state index in [1.807, 2.05) is 61.5 Å². The van der Waals surface area contributed by atoms with E-state index >= 15 is 0 Å². The third kappa shape index (κ3) is 2.60. The number of pyridine rings is 1. The molecule has 1 heterocycles. The maximum absolute atomic E-state index is 11.8. The third-order valence-electron chi connectivity index (χ3n) is 3.76. The summed E-state index contributed by atoms with van der Waals surface area (Å²) in [5.74, 6) is 0. The van der Waals surface area contributed by atoms with Gasteiger partial charge in [-0.2, -0.15) is 0 Å². The molecule has 0 radical (unpaired) electrons. The average molecular weight is 279 g/mol. The molecule has 0 saturated carbocycles. The van der Waals surface area contributed by atoms with Gasteiger partial charge in [-0.25, -0.2) is 0 Å². The fourth-order valence-electron chi connectivity index (χ4n) is 2.53. The molecule has 0 aliphatic rings. The summed E-state index contributed by atoms with van der Waals surface area (Å²) >= 11 is 0. The number of aromatic nitrogens is 1. The third-order valence-corrected chi connectivity index (χ3v) is 3.76. The van der Waals surface area contributed by atoms with Crippen molar-refractivity contribution in [3.8, 4) is 0 Å². The molecular weight excluding hydrogens is 262 g/mol. The van der Waals surface area contributed by atoms with Gasteiger partial charge in [-0.05, 0) is 41.1 Å². The number of H-pyrrole nitrogens is 1. The van der Waals surface area contributed by atoms with Gasteiger partial charge in [-0.1, -0.05) is 43.3 Å². The van der Waals surface area contributed by atoms with Crippen LogP contribution in [0, 0.1) is 0 Å². The molecule has 3 nitrogen and oxygen atoms in total. The van der Waals surface area contributed by atoms with Gasteiger partial charge in [0.15, 0.2) is 0 Å². The van der Waals surface area contributed by atoms with E-state index in [1.54, 1.807) is 0 Å². The molecule has 1 atom stereocenters. The number of aliphatic hydroxyl groups is 1. The van der Waals surface area contributed by atoms with E-state index in [-0.39, 0.29) is 5.56 Å². The van der Waals surface area contributed by atoms with Crippen LogP contribution in [0.3, 0.4) is 0 Å². The van der Waals surface area contributed by atoms with Crippen LogP contribution >= 0.6 is 0 Å². The SMILES string of the molecule is CCc1cc2cc(C(O)c3ccccc3)ccc2[nH]c1=O. The summed E-state index contributed by atoms with van der Waals surface area (Å²) < 4.78 is 0. The Balaban J connectivity index is 2.08. The normalized spacial score (nSPS) is 12.5. The second-order valence-corrected chi connectivity index (χ2v) is 5.14. The van der Waals surface area contributed by atoms with Crippen molar-refractivity contribution in [3.05, 3.63) is 81.6 Å². The lowest BCUT2D eigenvalue weighted by atomic mass is 9.99. The number of aliphatic hydroxyl groups excluding tert-OH is 1. The molecule has 3 aromatic rings. The van der Waals surface area contributed by atoms with E-state index in [0.717, 1.165) is 27.6 Å². The molecule has 21 heavy (non-hydrogen) atoms. The van der Waals surface area contributed by atoms with Crippen LogP contribution in [0.4, 0.5) is 0 Å². The monoisotopic (exact) mass is 279 g/mol. The van der Waals surface area contributed by atoms with Crippen molar-refractivity contribution in [3.63, 3.8) is 0 Å². The lowest BCUT2D eigenvalue weighted by Gasteiger charge is -2.12. The van der Waals surface area contributed by atoms with E-state index < -0.39 is 6.10 Å². The molecule has 0 bridgehead atoms. The number of benzene rings is 2. The summed E-state index contributed by atoms with van der Waals surface area (Å²) in [6, 6.07) is 17.1. The Morgan fingerprint density at radius 3 is 2.52 bits per heavy atom. The Morgan fingerprint density at radius 1 is 1.05 bits per heavy atom. The van der Waals surface area contributed by atoms with Gasteiger partial charge in [0.2, 0.25) is 0 Å². The van der Waals surface area contributed by atoms with Gasteiger partial charge < -0.3 is 10.1 Å². The van der Waals surface area contributed by atoms with Gasteiger partial charge in [0.25, 0.3) is 5.56 Å². The lowest BCUT2D eigenvalue weighted by molar-refractivity contribution is 0.220. The highest BCUT2D eigenvalue weighted by Crippen LogP contribution is 2.24. The van der Waals surface area contributed by atoms with Crippen LogP contribution < -0.4 is 5.56 Å². The van der Waals surface area contributed by atoms with Crippen molar-refractivity contribution >= 4 is 10.9 Å². The summed E-state index contributed by atoms with van der Waals surface area (Å²) in [6.07, 6.45) is 0.0316. The molecule has 1 aromatic heterocycles. The molecule has 2 aromatic carbocycles. The minimum Gasteiger partial charge on any atom is -0.384 e. The minimum absolute atomic E-state index is 0.0404. The first-order valence-corrected chi connectivity index (χ1v) is 7.08. The summed E-state index contributed by atoms with van der Waals surface area (Å²) in [7, 11) is 0. The van der Waals surface area contributed by atoms with Crippen molar-refractivity contribution < 1.29 is 5.11 Å². The maximum atomic E-state index is 11.8. The van der Waals surface area contributed by atoms with Crippen LogP contribution in [-0.2, 0) is 6.42 Å². The van der Waals surface area contributed by atoms with Crippen molar-refractivity contribution in [1.29, 1.82) is 0 Å². The largest absolute Gasteiger partial charge is 0.384 e. The molecule has 3 heteroatoms. The van der Waals surface area contributed by atoms with Gasteiger partial charge in [-0.15, -0.1) is 0 Å². The predicted molar refractivity (Wildman–Crippen MR) is 84.5 cm³/mol. The Bertz CT molecular complexity index is 821. The number of rotatable bonds is 3. The predicted octanol–water partition coefficient (Wildman–Crippen LogP) is 3.17. The van der Waals surface area contributed by atoms with Crippen molar-refractivity contribution in [2.24, 2.45) is 0 Å². The number of fused-ring (bicyclic) bond motifs is 1. The molecule has 0 fully saturated rings. The zero-order chi connectivity index (χ0) is 14.8. The first kappa shape index (κ1) is 13.6. The van der Waals surface area contributed by atoms with Crippen LogP contribution in [-0.4, -0.2) is 10.1 Å². The number of aryl methyl sites for hydroxylation is 1. The second kappa shape index (κ2) is 5.54. The summed E-state index contributed by atoms with van der Waals surface area (Å²) in [6.45, 7) is 1.96. The highest BCUT2D eigenvalue weighted by Gasteiger charge is 2.11. The van der Waals surface area contributed by atoms with E-state index in [1.165, 1.54) is 0 Å². The fourth-order valence-corrected chi connectivity index (χ4v) is 2.53. The van der Waals surface area contributed by atoms with E-state index in [0.29, 0.717) is 6.42 Å². The maximum Gasteiger partial charge on any atom is 0.251 e. The van der Waals surface area contributed by atoms with Crippen LogP contribution in [0.1, 0.15) is 29.7 Å². The van der Waals surface area contributed by atoms with Crippen molar-refractivity contribution in [2.75, 3.05) is 0 Å². The molecule has 0 aliphatic heterocycles. The van der Waals surface area contributed by atoms with Gasteiger partial charge >= 0.3 is 0 Å². The highest BCUT2D eigenvalue weighted by atomic mass is 16.3. The first-order chi connectivity index (χ1) is 10.2. The quantitative estimate of drug-likeness (QED) is 0.773. The number of hydrogen-bond acceptors (Lipinski definition) is 2. The molecule has 0 amide bonds. The van der Waals surface area contributed by atoms with Crippen LogP contribution in [0.15, 0.2) is 59.4 Å². The van der Waals surface area contributed by atoms with E-state index in [4.69, 9.17) is 0 Å². The Morgan fingerprint density at radius 2 is 1.81 bits per heavy atom. The van der Waals surface area contributed by atoms with E-state index in [9.17, 15) is 9.90 Å². The minimum atomic E-state index is -0.660. The smallest absolute Gasteiger partial charge is 0.251 e. The summed E-state index contributed by atoms with van der Waals surface area (Å²) in [4.78, 5) is 14.7. The molecular formula is C18H17NO2. The van der Waals surface area contributed by atoms with Crippen molar-refractivity contribution in [1.82, 2.24) is 4.98 Å². The molecule has 0 spiro atoms. The number of nitrogens with one attached hydrogen (secondary N) is 1. The van der Waals surface area contributed by atoms with Gasteiger partial charge in [0.1, 0.15) is 6.10 Å². The fraction of sp³-hybridized carbons (Fsp3) is 0.167. The summed E-state index contributed by atoms with van der Waals surface area (Å²) in [5.41, 5.74) is 3.19. The number of aromatic amines is 1. The van der Waals surface area contributed by atoms with Crippen LogP contribution in [0.25, 0.3) is 10.9 Å². The van der Waals surface area contributed by atoms with Crippen LogP contribution in [0.2, 0.25) is 0 Å². The Kier molecular flexibility index (Phi) is 3.59. The van der Waals surface area contributed by atoms with Crippen molar-refractivity contribution in [2.45, 2.75) is 19.4 Å². The van der Waals surface area contributed by atoms with Gasteiger partial charge in [0, 0.05) is 11.1 Å². The Labute approximate surface area is 122 Å². The molecule has 3 rings (SSSR count). The molecule has 2 N–H and O–H groups in total. The van der Waals surface area contributed by atoms with Crippen LogP contribution in [0.5, 0.6) is 0 Å². The first-order valence-electron chi connectivity index (χ1n) is 7.08. The summed E-state index contributed by atoms with van der Waals surface area (Å²) in [5, 5.41) is 11.4. The zero-order valence-corrected chi connectivity index (χ0v) is 11.8. The lowest BCUT2D eigenvalue weighted by Crippen LogP contribution is -2.11. The highest BCUT2D eigenvalue weighted by molar-refractivity contribution is 5.80. The Hall–Kier alpha value is -2.39. The van der Waals surface area contributed by atoms with Gasteiger partial charge in [-0.3, -0.25) is 4.79 Å². The topological polar surface area (TPSA) is 53.1 Å². The molecule has 0 aliphatic carbocycles. The van der Waals surface area contributed by atoms with Gasteiger partial charge in [0.05, 0.1) is 0 Å². The number of hydrogen-bond donors (Lipinski definition) is 2. The molecule has 0 saturated heterocycles. The average Bonchev–Trinajstić information content (AvgIpc) is 2.54. The zero-order valence-electron chi connectivity index (χ0n) is 11.8.